The Kier molecular flexibility index (Phi) is 7.14. The fourth-order valence-corrected chi connectivity index (χ4v) is 8.07. The molecule has 0 aliphatic rings. The Morgan fingerprint density at radius 3 is 1.87 bits per heavy atom. The number of para-hydroxylation sites is 1. The molecule has 2 aromatic heterocycles. The topological polar surface area (TPSA) is 42.4 Å². The second kappa shape index (κ2) is 12.6. The number of hydrogen-bond donors (Lipinski definition) is 0. The molecule has 55 heavy (non-hydrogen) atoms. The number of rotatable bonds is 6. The maximum atomic E-state index is 6.65. The predicted molar refractivity (Wildman–Crippen MR) is 227 cm³/mol. The van der Waals surface area contributed by atoms with Gasteiger partial charge in [-0.15, -0.1) is 0 Å². The number of hydrogen-bond acceptors (Lipinski definition) is 4. The van der Waals surface area contributed by atoms with Gasteiger partial charge in [0.15, 0.2) is 5.58 Å². The molecular formula is C51H32N2O2. The Morgan fingerprint density at radius 2 is 1.04 bits per heavy atom. The van der Waals surface area contributed by atoms with Crippen LogP contribution in [0.5, 0.6) is 0 Å². The lowest BCUT2D eigenvalue weighted by Crippen LogP contribution is -2.10. The normalized spacial score (nSPS) is 11.6. The summed E-state index contributed by atoms with van der Waals surface area (Å²) in [5.41, 5.74) is 11.5. The van der Waals surface area contributed by atoms with Crippen molar-refractivity contribution in [1.82, 2.24) is 4.98 Å². The predicted octanol–water partition coefficient (Wildman–Crippen LogP) is 14.5. The lowest BCUT2D eigenvalue weighted by atomic mass is 9.97. The Balaban J connectivity index is 1.10. The molecule has 0 aliphatic carbocycles. The lowest BCUT2D eigenvalue weighted by molar-refractivity contribution is 0.621. The monoisotopic (exact) mass is 704 g/mol. The first kappa shape index (κ1) is 31.1. The third-order valence-corrected chi connectivity index (χ3v) is 10.7. The van der Waals surface area contributed by atoms with Crippen molar-refractivity contribution in [2.24, 2.45) is 0 Å². The molecule has 4 nitrogen and oxygen atoms in total. The van der Waals surface area contributed by atoms with Crippen molar-refractivity contribution < 1.29 is 8.83 Å². The molecule has 9 aromatic carbocycles. The first-order valence-electron chi connectivity index (χ1n) is 18.5. The zero-order valence-electron chi connectivity index (χ0n) is 29.7. The molecule has 0 radical (unpaired) electrons. The van der Waals surface area contributed by atoms with Gasteiger partial charge in [0.05, 0.1) is 0 Å². The highest BCUT2D eigenvalue weighted by molar-refractivity contribution is 6.19. The molecule has 0 N–H and O–H groups in total. The van der Waals surface area contributed by atoms with E-state index in [1.54, 1.807) is 0 Å². The second-order valence-corrected chi connectivity index (χ2v) is 13.9. The summed E-state index contributed by atoms with van der Waals surface area (Å²) in [5.74, 6) is 0.582. The first-order valence-corrected chi connectivity index (χ1v) is 18.5. The van der Waals surface area contributed by atoms with Crippen LogP contribution in [0.25, 0.3) is 88.3 Å². The highest BCUT2D eigenvalue weighted by Gasteiger charge is 2.22. The van der Waals surface area contributed by atoms with Gasteiger partial charge in [-0.25, -0.2) is 4.98 Å². The smallest absolute Gasteiger partial charge is 0.227 e. The number of anilines is 3. The summed E-state index contributed by atoms with van der Waals surface area (Å²) in [5, 5.41) is 6.98. The summed E-state index contributed by atoms with van der Waals surface area (Å²) in [4.78, 5) is 7.30. The van der Waals surface area contributed by atoms with Gasteiger partial charge in [0.2, 0.25) is 5.89 Å². The number of benzene rings is 9. The van der Waals surface area contributed by atoms with Crippen LogP contribution in [0.1, 0.15) is 0 Å². The summed E-state index contributed by atoms with van der Waals surface area (Å²) in [6.07, 6.45) is 0. The number of nitrogens with zero attached hydrogens (tertiary/aromatic N) is 2. The molecule has 0 atom stereocenters. The molecule has 11 rings (SSSR count). The molecule has 0 unspecified atom stereocenters. The Morgan fingerprint density at radius 1 is 0.382 bits per heavy atom. The number of furan rings is 1. The minimum absolute atomic E-state index is 0.582. The van der Waals surface area contributed by atoms with E-state index in [0.717, 1.165) is 72.4 Å². The quantitative estimate of drug-likeness (QED) is 0.162. The average Bonchev–Trinajstić information content (AvgIpc) is 3.85. The number of fused-ring (bicyclic) bond motifs is 7. The van der Waals surface area contributed by atoms with Crippen LogP contribution in [0.15, 0.2) is 203 Å². The average molecular weight is 705 g/mol. The molecule has 2 heterocycles. The van der Waals surface area contributed by atoms with Crippen LogP contribution in [0, 0.1) is 0 Å². The molecule has 0 aliphatic heterocycles. The van der Waals surface area contributed by atoms with Gasteiger partial charge in [0, 0.05) is 45.0 Å². The van der Waals surface area contributed by atoms with E-state index >= 15 is 0 Å². The Labute approximate surface area is 317 Å². The van der Waals surface area contributed by atoms with Gasteiger partial charge < -0.3 is 13.7 Å². The SMILES string of the molecule is c1ccc(-c2cccc(N(c3ccc(-c4c5oc(-c6ccccc6)nc5cc5oc6ccccc6c45)cc3)c3ccc4c(ccc5ccccc54)c3)c2)cc1. The van der Waals surface area contributed by atoms with E-state index in [-0.39, 0.29) is 0 Å². The van der Waals surface area contributed by atoms with Crippen LogP contribution >= 0.6 is 0 Å². The fraction of sp³-hybridized carbons (Fsp3) is 0. The third kappa shape index (κ3) is 5.26. The van der Waals surface area contributed by atoms with Crippen molar-refractivity contribution in [3.8, 4) is 33.7 Å². The Bertz CT molecular complexity index is 3200. The van der Waals surface area contributed by atoms with Gasteiger partial charge in [-0.05, 0) is 92.8 Å². The van der Waals surface area contributed by atoms with Gasteiger partial charge in [-0.2, -0.15) is 0 Å². The van der Waals surface area contributed by atoms with Gasteiger partial charge >= 0.3 is 0 Å². The van der Waals surface area contributed by atoms with Gasteiger partial charge in [0.25, 0.3) is 0 Å². The van der Waals surface area contributed by atoms with Crippen LogP contribution < -0.4 is 4.90 Å². The van der Waals surface area contributed by atoms with Crippen LogP contribution in [0.2, 0.25) is 0 Å². The van der Waals surface area contributed by atoms with E-state index in [1.165, 1.54) is 27.1 Å². The van der Waals surface area contributed by atoms with Crippen LogP contribution in [-0.2, 0) is 0 Å². The first-order chi connectivity index (χ1) is 27.2. The molecular weight excluding hydrogens is 673 g/mol. The molecule has 0 spiro atoms. The summed E-state index contributed by atoms with van der Waals surface area (Å²) in [6.45, 7) is 0. The lowest BCUT2D eigenvalue weighted by Gasteiger charge is -2.27. The molecule has 258 valence electrons. The standard InChI is InChI=1S/C51H32N2O2/c1-3-12-33(13-4-1)37-17-11-18-40(30-37)53(41-28-29-43-38(31-41)23-22-34-14-7-8-19-42(34)43)39-26-24-35(25-27-39)48-49-44-20-9-10-21-46(44)54-47(49)32-45-50(48)55-51(52-45)36-15-5-2-6-16-36/h1-32H. The largest absolute Gasteiger partial charge is 0.456 e. The van der Waals surface area contributed by atoms with E-state index in [9.17, 15) is 0 Å². The minimum Gasteiger partial charge on any atom is -0.456 e. The Hall–Kier alpha value is -7.43. The van der Waals surface area contributed by atoms with Gasteiger partial charge in [-0.1, -0.05) is 133 Å². The molecule has 0 fully saturated rings. The van der Waals surface area contributed by atoms with E-state index in [1.807, 2.05) is 48.5 Å². The van der Waals surface area contributed by atoms with Crippen molar-refractivity contribution in [1.29, 1.82) is 0 Å². The summed E-state index contributed by atoms with van der Waals surface area (Å²) in [6, 6.07) is 68.2. The van der Waals surface area contributed by atoms with Crippen molar-refractivity contribution in [2.75, 3.05) is 4.90 Å². The van der Waals surface area contributed by atoms with E-state index < -0.39 is 0 Å². The van der Waals surface area contributed by atoms with Crippen LogP contribution in [0.4, 0.5) is 17.1 Å². The number of aromatic nitrogens is 1. The highest BCUT2D eigenvalue weighted by atomic mass is 16.4. The van der Waals surface area contributed by atoms with Crippen molar-refractivity contribution in [3.05, 3.63) is 194 Å². The number of oxazole rings is 1. The van der Waals surface area contributed by atoms with Gasteiger partial charge in [-0.3, -0.25) is 0 Å². The van der Waals surface area contributed by atoms with E-state index in [2.05, 4.69) is 150 Å². The summed E-state index contributed by atoms with van der Waals surface area (Å²) < 4.78 is 13.1. The second-order valence-electron chi connectivity index (χ2n) is 13.9. The molecule has 4 heteroatoms. The minimum atomic E-state index is 0.582. The fourth-order valence-electron chi connectivity index (χ4n) is 8.07. The highest BCUT2D eigenvalue weighted by Crippen LogP contribution is 2.45. The summed E-state index contributed by atoms with van der Waals surface area (Å²) in [7, 11) is 0. The van der Waals surface area contributed by atoms with Crippen molar-refractivity contribution in [3.63, 3.8) is 0 Å². The molecule has 0 saturated carbocycles. The molecule has 0 bridgehead atoms. The zero-order valence-corrected chi connectivity index (χ0v) is 29.7. The van der Waals surface area contributed by atoms with E-state index in [4.69, 9.17) is 13.8 Å². The molecule has 0 amide bonds. The molecule has 11 aromatic rings. The maximum Gasteiger partial charge on any atom is 0.227 e. The maximum absolute atomic E-state index is 6.65. The van der Waals surface area contributed by atoms with E-state index in [0.29, 0.717) is 5.89 Å². The van der Waals surface area contributed by atoms with Crippen LogP contribution in [0.3, 0.4) is 0 Å². The van der Waals surface area contributed by atoms with Crippen molar-refractivity contribution in [2.45, 2.75) is 0 Å². The van der Waals surface area contributed by atoms with Crippen molar-refractivity contribution >= 4 is 71.6 Å². The summed E-state index contributed by atoms with van der Waals surface area (Å²) >= 11 is 0. The molecule has 0 saturated heterocycles. The third-order valence-electron chi connectivity index (χ3n) is 10.7. The van der Waals surface area contributed by atoms with Gasteiger partial charge in [0.1, 0.15) is 16.7 Å². The zero-order chi connectivity index (χ0) is 36.3. The van der Waals surface area contributed by atoms with Crippen LogP contribution in [-0.4, -0.2) is 4.98 Å².